The standard InChI is InChI=1S/C13H19ClN2O/c1-10(8-14)9-15-13(17)11-4-6-12(7-5-11)16(2)3/h4-7,10H,8-9H2,1-3H3,(H,15,17). The zero-order valence-corrected chi connectivity index (χ0v) is 11.3. The van der Waals surface area contributed by atoms with Gasteiger partial charge in [0, 0.05) is 37.8 Å². The van der Waals surface area contributed by atoms with Crippen LogP contribution in [0.15, 0.2) is 24.3 Å². The molecule has 0 bridgehead atoms. The summed E-state index contributed by atoms with van der Waals surface area (Å²) >= 11 is 5.68. The molecule has 0 aliphatic heterocycles. The molecular formula is C13H19ClN2O. The number of hydrogen-bond donors (Lipinski definition) is 1. The van der Waals surface area contributed by atoms with Crippen molar-refractivity contribution in [3.05, 3.63) is 29.8 Å². The molecule has 0 saturated heterocycles. The van der Waals surface area contributed by atoms with Crippen LogP contribution in [-0.2, 0) is 0 Å². The average molecular weight is 255 g/mol. The van der Waals surface area contributed by atoms with Crippen molar-refractivity contribution in [2.45, 2.75) is 6.92 Å². The van der Waals surface area contributed by atoms with Crippen LogP contribution in [0.1, 0.15) is 17.3 Å². The number of nitrogens with zero attached hydrogens (tertiary/aromatic N) is 1. The Morgan fingerprint density at radius 1 is 1.35 bits per heavy atom. The largest absolute Gasteiger partial charge is 0.378 e. The molecule has 0 aliphatic carbocycles. The number of anilines is 1. The molecule has 3 nitrogen and oxygen atoms in total. The Balaban J connectivity index is 2.58. The van der Waals surface area contributed by atoms with Crippen molar-refractivity contribution < 1.29 is 4.79 Å². The van der Waals surface area contributed by atoms with Crippen molar-refractivity contribution in [3.8, 4) is 0 Å². The Bertz CT molecular complexity index is 362. The van der Waals surface area contributed by atoms with E-state index in [0.29, 0.717) is 23.9 Å². The van der Waals surface area contributed by atoms with Gasteiger partial charge in [0.1, 0.15) is 0 Å². The molecule has 0 heterocycles. The molecule has 17 heavy (non-hydrogen) atoms. The molecule has 1 rings (SSSR count). The van der Waals surface area contributed by atoms with E-state index < -0.39 is 0 Å². The number of carbonyl (C=O) groups is 1. The molecule has 0 radical (unpaired) electrons. The second kappa shape index (κ2) is 6.50. The summed E-state index contributed by atoms with van der Waals surface area (Å²) < 4.78 is 0. The van der Waals surface area contributed by atoms with Crippen LogP contribution in [0.2, 0.25) is 0 Å². The topological polar surface area (TPSA) is 32.3 Å². The number of hydrogen-bond acceptors (Lipinski definition) is 2. The first-order chi connectivity index (χ1) is 8.04. The molecule has 1 unspecified atom stereocenters. The monoisotopic (exact) mass is 254 g/mol. The van der Waals surface area contributed by atoms with Crippen LogP contribution < -0.4 is 10.2 Å². The van der Waals surface area contributed by atoms with E-state index >= 15 is 0 Å². The highest BCUT2D eigenvalue weighted by Gasteiger charge is 2.07. The first-order valence-corrected chi connectivity index (χ1v) is 6.19. The van der Waals surface area contributed by atoms with Crippen molar-refractivity contribution in [2.24, 2.45) is 5.92 Å². The van der Waals surface area contributed by atoms with E-state index in [9.17, 15) is 4.79 Å². The van der Waals surface area contributed by atoms with Crippen LogP contribution in [0.25, 0.3) is 0 Å². The highest BCUT2D eigenvalue weighted by atomic mass is 35.5. The first-order valence-electron chi connectivity index (χ1n) is 5.66. The zero-order chi connectivity index (χ0) is 12.8. The first kappa shape index (κ1) is 13.8. The predicted octanol–water partition coefficient (Wildman–Crippen LogP) is 2.36. The quantitative estimate of drug-likeness (QED) is 0.819. The molecule has 0 spiro atoms. The van der Waals surface area contributed by atoms with Crippen LogP contribution in [0.3, 0.4) is 0 Å². The molecular weight excluding hydrogens is 236 g/mol. The molecule has 0 aliphatic rings. The maximum absolute atomic E-state index is 11.8. The maximum Gasteiger partial charge on any atom is 0.251 e. The van der Waals surface area contributed by atoms with Gasteiger partial charge in [-0.25, -0.2) is 0 Å². The summed E-state index contributed by atoms with van der Waals surface area (Å²) in [6, 6.07) is 7.52. The molecule has 4 heteroatoms. The van der Waals surface area contributed by atoms with Gasteiger partial charge in [0.05, 0.1) is 0 Å². The molecule has 94 valence electrons. The van der Waals surface area contributed by atoms with Crippen LogP contribution >= 0.6 is 11.6 Å². The van der Waals surface area contributed by atoms with Crippen molar-refractivity contribution in [1.82, 2.24) is 5.32 Å². The third kappa shape index (κ3) is 4.27. The Labute approximate surface area is 108 Å². The van der Waals surface area contributed by atoms with Gasteiger partial charge in [-0.15, -0.1) is 11.6 Å². The number of carbonyl (C=O) groups excluding carboxylic acids is 1. The van der Waals surface area contributed by atoms with Gasteiger partial charge in [0.2, 0.25) is 0 Å². The lowest BCUT2D eigenvalue weighted by molar-refractivity contribution is 0.0949. The summed E-state index contributed by atoms with van der Waals surface area (Å²) in [6.07, 6.45) is 0. The molecule has 0 fully saturated rings. The van der Waals surface area contributed by atoms with Gasteiger partial charge in [0.15, 0.2) is 0 Å². The lowest BCUT2D eigenvalue weighted by Gasteiger charge is -2.13. The third-order valence-electron chi connectivity index (χ3n) is 2.52. The Morgan fingerprint density at radius 2 is 1.94 bits per heavy atom. The van der Waals surface area contributed by atoms with Gasteiger partial charge in [-0.2, -0.15) is 0 Å². The normalized spacial score (nSPS) is 12.0. The van der Waals surface area contributed by atoms with E-state index in [4.69, 9.17) is 11.6 Å². The van der Waals surface area contributed by atoms with Gasteiger partial charge in [-0.1, -0.05) is 6.92 Å². The number of alkyl halides is 1. The van der Waals surface area contributed by atoms with Gasteiger partial charge in [-0.05, 0) is 30.2 Å². The number of amides is 1. The molecule has 0 saturated carbocycles. The zero-order valence-electron chi connectivity index (χ0n) is 10.5. The van der Waals surface area contributed by atoms with E-state index in [1.807, 2.05) is 50.2 Å². The highest BCUT2D eigenvalue weighted by molar-refractivity contribution is 6.18. The van der Waals surface area contributed by atoms with Gasteiger partial charge >= 0.3 is 0 Å². The van der Waals surface area contributed by atoms with Crippen LogP contribution in [-0.4, -0.2) is 32.4 Å². The van der Waals surface area contributed by atoms with Gasteiger partial charge in [-0.3, -0.25) is 4.79 Å². The second-order valence-electron chi connectivity index (χ2n) is 4.41. The van der Waals surface area contributed by atoms with Crippen LogP contribution in [0.5, 0.6) is 0 Å². The van der Waals surface area contributed by atoms with Crippen molar-refractivity contribution in [3.63, 3.8) is 0 Å². The molecule has 0 aromatic heterocycles. The molecule has 1 atom stereocenters. The van der Waals surface area contributed by atoms with E-state index in [-0.39, 0.29) is 5.91 Å². The summed E-state index contributed by atoms with van der Waals surface area (Å²) in [5.41, 5.74) is 1.76. The molecule has 1 amide bonds. The Morgan fingerprint density at radius 3 is 2.41 bits per heavy atom. The minimum Gasteiger partial charge on any atom is -0.378 e. The fraction of sp³-hybridized carbons (Fsp3) is 0.462. The lowest BCUT2D eigenvalue weighted by atomic mass is 10.1. The molecule has 1 aromatic rings. The van der Waals surface area contributed by atoms with E-state index in [2.05, 4.69) is 5.32 Å². The smallest absolute Gasteiger partial charge is 0.251 e. The van der Waals surface area contributed by atoms with Gasteiger partial charge < -0.3 is 10.2 Å². The second-order valence-corrected chi connectivity index (χ2v) is 4.72. The number of halogens is 1. The average Bonchev–Trinajstić information content (AvgIpc) is 2.35. The molecule has 1 aromatic carbocycles. The molecule has 1 N–H and O–H groups in total. The van der Waals surface area contributed by atoms with Crippen LogP contribution in [0.4, 0.5) is 5.69 Å². The van der Waals surface area contributed by atoms with E-state index in [1.165, 1.54) is 0 Å². The maximum atomic E-state index is 11.8. The fourth-order valence-corrected chi connectivity index (χ4v) is 1.44. The minimum absolute atomic E-state index is 0.0488. The SMILES string of the molecule is CC(CCl)CNC(=O)c1ccc(N(C)C)cc1. The summed E-state index contributed by atoms with van der Waals surface area (Å²) in [7, 11) is 3.94. The summed E-state index contributed by atoms with van der Waals surface area (Å²) in [5.74, 6) is 0.800. The van der Waals surface area contributed by atoms with Gasteiger partial charge in [0.25, 0.3) is 5.91 Å². The predicted molar refractivity (Wildman–Crippen MR) is 73.0 cm³/mol. The fourth-order valence-electron chi connectivity index (χ4n) is 1.33. The lowest BCUT2D eigenvalue weighted by Crippen LogP contribution is -2.28. The summed E-state index contributed by atoms with van der Waals surface area (Å²) in [6.45, 7) is 2.61. The van der Waals surface area contributed by atoms with Crippen LogP contribution in [0, 0.1) is 5.92 Å². The highest BCUT2D eigenvalue weighted by Crippen LogP contribution is 2.12. The summed E-state index contributed by atoms with van der Waals surface area (Å²) in [4.78, 5) is 13.8. The minimum atomic E-state index is -0.0488. The number of nitrogens with one attached hydrogen (secondary N) is 1. The van der Waals surface area contributed by atoms with Crippen molar-refractivity contribution >= 4 is 23.2 Å². The van der Waals surface area contributed by atoms with Crippen molar-refractivity contribution in [1.29, 1.82) is 0 Å². The number of rotatable bonds is 5. The van der Waals surface area contributed by atoms with E-state index in [1.54, 1.807) is 0 Å². The number of benzene rings is 1. The third-order valence-corrected chi connectivity index (χ3v) is 3.05. The van der Waals surface area contributed by atoms with Crippen molar-refractivity contribution in [2.75, 3.05) is 31.4 Å². The Kier molecular flexibility index (Phi) is 5.29. The van der Waals surface area contributed by atoms with E-state index in [0.717, 1.165) is 5.69 Å². The summed E-state index contributed by atoms with van der Waals surface area (Å²) in [5, 5.41) is 2.86. The Hall–Kier alpha value is -1.22.